The summed E-state index contributed by atoms with van der Waals surface area (Å²) in [5.41, 5.74) is 0.641. The van der Waals surface area contributed by atoms with Gasteiger partial charge in [-0.2, -0.15) is 5.10 Å². The molecule has 6 heteroatoms. The van der Waals surface area contributed by atoms with Crippen molar-refractivity contribution in [2.75, 3.05) is 27.2 Å². The van der Waals surface area contributed by atoms with E-state index in [9.17, 15) is 5.11 Å². The number of halogens is 1. The van der Waals surface area contributed by atoms with Crippen molar-refractivity contribution in [2.24, 2.45) is 0 Å². The van der Waals surface area contributed by atoms with Gasteiger partial charge in [0.2, 0.25) is 0 Å². The standard InChI is InChI=1S/C13H25ClN4O/c1-13(2,3)15-9-11(19)12-10(14)8-16-18(12)7-6-17(4)5/h8,11,15,19H,6-7,9H2,1-5H3. The second-order valence-electron chi connectivity index (χ2n) is 6.05. The molecule has 110 valence electrons. The van der Waals surface area contributed by atoms with Crippen LogP contribution in [0.1, 0.15) is 32.6 Å². The Morgan fingerprint density at radius 2 is 2.11 bits per heavy atom. The van der Waals surface area contributed by atoms with Gasteiger partial charge in [0.05, 0.1) is 23.5 Å². The van der Waals surface area contributed by atoms with Gasteiger partial charge in [-0.25, -0.2) is 0 Å². The summed E-state index contributed by atoms with van der Waals surface area (Å²) in [7, 11) is 4.00. The molecule has 5 nitrogen and oxygen atoms in total. The smallest absolute Gasteiger partial charge is 0.110 e. The second kappa shape index (κ2) is 6.70. The Hall–Kier alpha value is -0.620. The van der Waals surface area contributed by atoms with Crippen LogP contribution >= 0.6 is 11.6 Å². The average molecular weight is 289 g/mol. The van der Waals surface area contributed by atoms with Crippen LogP contribution in [0.2, 0.25) is 5.02 Å². The monoisotopic (exact) mass is 288 g/mol. The van der Waals surface area contributed by atoms with E-state index < -0.39 is 6.10 Å². The van der Waals surface area contributed by atoms with Gasteiger partial charge in [-0.1, -0.05) is 11.6 Å². The maximum Gasteiger partial charge on any atom is 0.110 e. The van der Waals surface area contributed by atoms with E-state index in [0.717, 1.165) is 6.54 Å². The average Bonchev–Trinajstić information content (AvgIpc) is 2.64. The molecule has 0 saturated heterocycles. The fourth-order valence-electron chi connectivity index (χ4n) is 1.68. The Bertz CT molecular complexity index is 398. The van der Waals surface area contributed by atoms with Crippen LogP contribution in [-0.2, 0) is 6.54 Å². The molecule has 1 heterocycles. The molecule has 0 saturated carbocycles. The highest BCUT2D eigenvalue weighted by Crippen LogP contribution is 2.22. The van der Waals surface area contributed by atoms with Crippen LogP contribution in [-0.4, -0.2) is 52.5 Å². The van der Waals surface area contributed by atoms with Crippen molar-refractivity contribution in [2.45, 2.75) is 39.0 Å². The molecule has 1 aromatic rings. The molecule has 0 aliphatic rings. The van der Waals surface area contributed by atoms with E-state index in [-0.39, 0.29) is 5.54 Å². The Morgan fingerprint density at radius 1 is 1.47 bits per heavy atom. The van der Waals surface area contributed by atoms with Crippen molar-refractivity contribution < 1.29 is 5.11 Å². The fourth-order valence-corrected chi connectivity index (χ4v) is 1.94. The minimum absolute atomic E-state index is 0.0397. The van der Waals surface area contributed by atoms with E-state index in [1.54, 1.807) is 10.9 Å². The summed E-state index contributed by atoms with van der Waals surface area (Å²) in [4.78, 5) is 2.07. The molecule has 0 spiro atoms. The van der Waals surface area contributed by atoms with Gasteiger partial charge in [0.25, 0.3) is 0 Å². The third-order valence-electron chi connectivity index (χ3n) is 2.73. The first-order chi connectivity index (χ1) is 8.70. The largest absolute Gasteiger partial charge is 0.385 e. The Kier molecular flexibility index (Phi) is 5.80. The van der Waals surface area contributed by atoms with E-state index in [4.69, 9.17) is 11.6 Å². The molecule has 1 aromatic heterocycles. The SMILES string of the molecule is CN(C)CCn1ncc(Cl)c1C(O)CNC(C)(C)C. The number of hydrogen-bond acceptors (Lipinski definition) is 4. The first kappa shape index (κ1) is 16.4. The zero-order chi connectivity index (χ0) is 14.6. The third kappa shape index (κ3) is 5.48. The number of aromatic nitrogens is 2. The highest BCUT2D eigenvalue weighted by molar-refractivity contribution is 6.31. The zero-order valence-electron chi connectivity index (χ0n) is 12.4. The molecule has 0 bridgehead atoms. The van der Waals surface area contributed by atoms with Crippen LogP contribution in [0.15, 0.2) is 6.20 Å². The molecule has 0 aliphatic carbocycles. The van der Waals surface area contributed by atoms with Gasteiger partial charge in [-0.15, -0.1) is 0 Å². The number of aliphatic hydroxyl groups excluding tert-OH is 1. The predicted octanol–water partition coefficient (Wildman–Crippen LogP) is 1.52. The molecule has 0 aliphatic heterocycles. The number of rotatable bonds is 6. The molecule has 0 fully saturated rings. The molecule has 1 unspecified atom stereocenters. The number of nitrogens with one attached hydrogen (secondary N) is 1. The van der Waals surface area contributed by atoms with Gasteiger partial charge in [0.15, 0.2) is 0 Å². The normalized spacial score (nSPS) is 14.1. The van der Waals surface area contributed by atoms with Gasteiger partial charge in [-0.05, 0) is 34.9 Å². The molecule has 0 amide bonds. The van der Waals surface area contributed by atoms with Crippen molar-refractivity contribution in [3.63, 3.8) is 0 Å². The van der Waals surface area contributed by atoms with Crippen molar-refractivity contribution in [1.82, 2.24) is 20.0 Å². The number of likely N-dealkylation sites (N-methyl/N-ethyl adjacent to an activating group) is 1. The van der Waals surface area contributed by atoms with E-state index in [1.807, 2.05) is 14.1 Å². The number of hydrogen-bond donors (Lipinski definition) is 2. The summed E-state index contributed by atoms with van der Waals surface area (Å²) in [6, 6.07) is 0. The predicted molar refractivity (Wildman–Crippen MR) is 78.5 cm³/mol. The highest BCUT2D eigenvalue weighted by atomic mass is 35.5. The maximum atomic E-state index is 10.3. The van der Waals surface area contributed by atoms with E-state index >= 15 is 0 Å². The molecule has 1 atom stereocenters. The van der Waals surface area contributed by atoms with E-state index in [0.29, 0.717) is 23.8 Å². The summed E-state index contributed by atoms with van der Waals surface area (Å²) in [6.07, 6.45) is 0.934. The van der Waals surface area contributed by atoms with Gasteiger partial charge >= 0.3 is 0 Å². The second-order valence-corrected chi connectivity index (χ2v) is 6.46. The summed E-state index contributed by atoms with van der Waals surface area (Å²) >= 11 is 6.12. The van der Waals surface area contributed by atoms with E-state index in [1.165, 1.54) is 0 Å². The molecular weight excluding hydrogens is 264 g/mol. The Balaban J connectivity index is 2.72. The van der Waals surface area contributed by atoms with Gasteiger partial charge in [-0.3, -0.25) is 4.68 Å². The van der Waals surface area contributed by atoms with Gasteiger partial charge < -0.3 is 15.3 Å². The van der Waals surface area contributed by atoms with Crippen LogP contribution in [0.3, 0.4) is 0 Å². The van der Waals surface area contributed by atoms with Crippen molar-refractivity contribution in [3.05, 3.63) is 16.9 Å². The molecule has 0 aromatic carbocycles. The fraction of sp³-hybridized carbons (Fsp3) is 0.769. The first-order valence-corrected chi connectivity index (χ1v) is 6.87. The van der Waals surface area contributed by atoms with Crippen LogP contribution in [0.4, 0.5) is 0 Å². The minimum atomic E-state index is -0.656. The lowest BCUT2D eigenvalue weighted by Crippen LogP contribution is -2.39. The first-order valence-electron chi connectivity index (χ1n) is 6.50. The lowest BCUT2D eigenvalue weighted by molar-refractivity contribution is 0.152. The number of β-amino-alcohol motifs (C(OH)–C–C–N with tert-alkyl or cyclic N) is 1. The number of nitrogens with zero attached hydrogens (tertiary/aromatic N) is 3. The lowest BCUT2D eigenvalue weighted by atomic mass is 10.1. The van der Waals surface area contributed by atoms with Crippen molar-refractivity contribution in [3.8, 4) is 0 Å². The van der Waals surface area contributed by atoms with E-state index in [2.05, 4.69) is 36.1 Å². The molecular formula is C13H25ClN4O. The quantitative estimate of drug-likeness (QED) is 0.833. The molecule has 0 radical (unpaired) electrons. The Morgan fingerprint density at radius 3 is 2.63 bits per heavy atom. The molecule has 19 heavy (non-hydrogen) atoms. The lowest BCUT2D eigenvalue weighted by Gasteiger charge is -2.23. The summed E-state index contributed by atoms with van der Waals surface area (Å²) in [5.74, 6) is 0. The van der Waals surface area contributed by atoms with Crippen LogP contribution in [0, 0.1) is 0 Å². The summed E-state index contributed by atoms with van der Waals surface area (Å²) < 4.78 is 1.78. The van der Waals surface area contributed by atoms with Crippen LogP contribution in [0.5, 0.6) is 0 Å². The topological polar surface area (TPSA) is 53.3 Å². The Labute approximate surface area is 120 Å². The number of aliphatic hydroxyl groups is 1. The van der Waals surface area contributed by atoms with Crippen molar-refractivity contribution >= 4 is 11.6 Å². The van der Waals surface area contributed by atoms with Crippen molar-refractivity contribution in [1.29, 1.82) is 0 Å². The third-order valence-corrected chi connectivity index (χ3v) is 3.02. The van der Waals surface area contributed by atoms with Crippen LogP contribution in [0.25, 0.3) is 0 Å². The highest BCUT2D eigenvalue weighted by Gasteiger charge is 2.20. The van der Waals surface area contributed by atoms with Gasteiger partial charge in [0.1, 0.15) is 6.10 Å². The molecule has 2 N–H and O–H groups in total. The zero-order valence-corrected chi connectivity index (χ0v) is 13.2. The van der Waals surface area contributed by atoms with Crippen LogP contribution < -0.4 is 5.32 Å². The summed E-state index contributed by atoms with van der Waals surface area (Å²) in [6.45, 7) is 8.20. The maximum absolute atomic E-state index is 10.3. The minimum Gasteiger partial charge on any atom is -0.385 e. The van der Waals surface area contributed by atoms with Gasteiger partial charge in [0, 0.05) is 18.6 Å². The summed E-state index contributed by atoms with van der Waals surface area (Å²) in [5, 5.41) is 18.3. The molecule has 1 rings (SSSR count).